The highest BCUT2D eigenvalue weighted by atomic mass is 16.5. The van der Waals surface area contributed by atoms with Crippen molar-refractivity contribution < 1.29 is 14.2 Å². The average molecular weight is 419 g/mol. The highest BCUT2D eigenvalue weighted by Gasteiger charge is 2.28. The van der Waals surface area contributed by atoms with Crippen LogP contribution in [0.2, 0.25) is 0 Å². The number of ether oxygens (including phenoxy) is 3. The fraction of sp³-hybridized carbons (Fsp3) is 0.696. The lowest BCUT2D eigenvalue weighted by Crippen LogP contribution is -2.56. The molecule has 0 aliphatic carbocycles. The third-order valence-electron chi connectivity index (χ3n) is 5.88. The van der Waals surface area contributed by atoms with E-state index in [1.54, 1.807) is 0 Å². The van der Waals surface area contributed by atoms with Gasteiger partial charge in [0.1, 0.15) is 0 Å². The minimum atomic E-state index is 0.0445. The molecule has 0 radical (unpaired) electrons. The molecule has 2 N–H and O–H groups in total. The maximum atomic E-state index is 6.05. The topological polar surface area (TPSA) is 67.4 Å². The summed E-state index contributed by atoms with van der Waals surface area (Å²) in [6, 6.07) is 8.56. The second-order valence-corrected chi connectivity index (χ2v) is 8.63. The van der Waals surface area contributed by atoms with E-state index >= 15 is 0 Å². The van der Waals surface area contributed by atoms with E-state index in [9.17, 15) is 0 Å². The molecule has 1 aromatic carbocycles. The number of rotatable bonds is 8. The molecule has 2 saturated heterocycles. The van der Waals surface area contributed by atoms with Crippen LogP contribution in [0.15, 0.2) is 29.3 Å². The van der Waals surface area contributed by atoms with Crippen LogP contribution in [-0.4, -0.2) is 75.6 Å². The third-order valence-corrected chi connectivity index (χ3v) is 5.88. The van der Waals surface area contributed by atoms with E-state index in [1.807, 2.05) is 7.05 Å². The molecule has 7 heteroatoms. The Bertz CT molecular complexity index is 668. The molecule has 30 heavy (non-hydrogen) atoms. The van der Waals surface area contributed by atoms with Gasteiger partial charge in [0.25, 0.3) is 0 Å². The molecule has 0 unspecified atom stereocenters. The Kier molecular flexibility index (Phi) is 8.93. The summed E-state index contributed by atoms with van der Waals surface area (Å²) < 4.78 is 16.9. The Hall–Kier alpha value is -1.67. The number of hydrogen-bond acceptors (Lipinski definition) is 5. The van der Waals surface area contributed by atoms with Crippen LogP contribution in [0.3, 0.4) is 0 Å². The zero-order chi connectivity index (χ0) is 21.2. The van der Waals surface area contributed by atoms with Gasteiger partial charge in [0.2, 0.25) is 0 Å². The number of nitrogens with one attached hydrogen (secondary N) is 2. The van der Waals surface area contributed by atoms with Crippen LogP contribution in [0.1, 0.15) is 37.8 Å². The van der Waals surface area contributed by atoms with E-state index in [4.69, 9.17) is 14.2 Å². The van der Waals surface area contributed by atoms with Crippen molar-refractivity contribution in [3.63, 3.8) is 0 Å². The predicted octanol–water partition coefficient (Wildman–Crippen LogP) is 2.16. The van der Waals surface area contributed by atoms with Gasteiger partial charge in [-0.15, -0.1) is 0 Å². The highest BCUT2D eigenvalue weighted by Crippen LogP contribution is 2.16. The van der Waals surface area contributed by atoms with E-state index < -0.39 is 0 Å². The van der Waals surface area contributed by atoms with Crippen molar-refractivity contribution >= 4 is 5.96 Å². The third kappa shape index (κ3) is 7.23. The number of aliphatic imine (C=N–C) groups is 1. The Morgan fingerprint density at radius 3 is 2.53 bits per heavy atom. The smallest absolute Gasteiger partial charge is 0.191 e. The fourth-order valence-corrected chi connectivity index (χ4v) is 3.87. The van der Waals surface area contributed by atoms with Crippen LogP contribution in [-0.2, 0) is 27.4 Å². The summed E-state index contributed by atoms with van der Waals surface area (Å²) in [7, 11) is 1.81. The van der Waals surface area contributed by atoms with Crippen molar-refractivity contribution in [3.05, 3.63) is 35.4 Å². The van der Waals surface area contributed by atoms with E-state index in [0.717, 1.165) is 71.4 Å². The van der Waals surface area contributed by atoms with Crippen LogP contribution in [0.5, 0.6) is 0 Å². The van der Waals surface area contributed by atoms with Crippen molar-refractivity contribution in [2.24, 2.45) is 4.99 Å². The number of morpholine rings is 1. The first kappa shape index (κ1) is 23.0. The molecule has 2 aliphatic heterocycles. The zero-order valence-electron chi connectivity index (χ0n) is 18.8. The van der Waals surface area contributed by atoms with Crippen LogP contribution in [0.25, 0.3) is 0 Å². The first-order valence-corrected chi connectivity index (χ1v) is 11.1. The van der Waals surface area contributed by atoms with Crippen molar-refractivity contribution in [3.8, 4) is 0 Å². The molecular weight excluding hydrogens is 380 g/mol. The molecule has 0 bridgehead atoms. The normalized spacial score (nSPS) is 19.6. The molecule has 0 spiro atoms. The molecule has 1 aromatic rings. The fourth-order valence-electron chi connectivity index (χ4n) is 3.87. The molecule has 2 aliphatic rings. The molecule has 0 aromatic heterocycles. The van der Waals surface area contributed by atoms with E-state index in [0.29, 0.717) is 12.7 Å². The van der Waals surface area contributed by atoms with Crippen LogP contribution in [0, 0.1) is 0 Å². The van der Waals surface area contributed by atoms with Crippen molar-refractivity contribution in [1.29, 1.82) is 0 Å². The van der Waals surface area contributed by atoms with Crippen LogP contribution >= 0.6 is 0 Å². The minimum absolute atomic E-state index is 0.0445. The Balaban J connectivity index is 1.43. The molecule has 2 fully saturated rings. The Labute approximate surface area is 181 Å². The summed E-state index contributed by atoms with van der Waals surface area (Å²) in [5.41, 5.74) is 2.47. The summed E-state index contributed by atoms with van der Waals surface area (Å²) in [5.74, 6) is 0.820. The van der Waals surface area contributed by atoms with Crippen molar-refractivity contribution in [1.82, 2.24) is 15.5 Å². The second kappa shape index (κ2) is 11.6. The summed E-state index contributed by atoms with van der Waals surface area (Å²) in [6.07, 6.45) is 2.30. The number of hydrogen-bond donors (Lipinski definition) is 2. The van der Waals surface area contributed by atoms with E-state index in [2.05, 4.69) is 58.6 Å². The number of nitrogens with zero attached hydrogens (tertiary/aromatic N) is 2. The molecular formula is C23H38N4O3. The number of guanidine groups is 1. The molecule has 0 atom stereocenters. The predicted molar refractivity (Wildman–Crippen MR) is 120 cm³/mol. The van der Waals surface area contributed by atoms with Crippen LogP contribution < -0.4 is 10.6 Å². The quantitative estimate of drug-likeness (QED) is 0.498. The standard InChI is InChI=1S/C23H38N4O3/c1-23(2,27-9-13-29-14-10-27)18-26-22(24-3)25-16-19-5-4-6-20(15-19)17-30-21-7-11-28-12-8-21/h4-6,15,21H,7-14,16-18H2,1-3H3,(H2,24,25,26). The van der Waals surface area contributed by atoms with Gasteiger partial charge in [-0.05, 0) is 37.8 Å². The van der Waals surface area contributed by atoms with E-state index in [-0.39, 0.29) is 5.54 Å². The molecule has 7 nitrogen and oxygen atoms in total. The SMILES string of the molecule is CN=C(NCc1cccc(COC2CCOCC2)c1)NCC(C)(C)N1CCOCC1. The lowest BCUT2D eigenvalue weighted by Gasteiger charge is -2.41. The summed E-state index contributed by atoms with van der Waals surface area (Å²) >= 11 is 0. The van der Waals surface area contributed by atoms with Gasteiger partial charge >= 0.3 is 0 Å². The van der Waals surface area contributed by atoms with Gasteiger partial charge < -0.3 is 24.8 Å². The van der Waals surface area contributed by atoms with Gasteiger partial charge in [-0.25, -0.2) is 0 Å². The molecule has 2 heterocycles. The summed E-state index contributed by atoms with van der Waals surface area (Å²) in [6.45, 7) is 11.9. The maximum absolute atomic E-state index is 6.05. The first-order valence-electron chi connectivity index (χ1n) is 11.1. The van der Waals surface area contributed by atoms with Gasteiger partial charge in [0, 0.05) is 52.0 Å². The summed E-state index contributed by atoms with van der Waals surface area (Å²) in [5, 5.41) is 6.91. The molecule has 0 amide bonds. The Morgan fingerprint density at radius 2 is 1.80 bits per heavy atom. The van der Waals surface area contributed by atoms with Gasteiger partial charge in [0.05, 0.1) is 25.9 Å². The van der Waals surface area contributed by atoms with Gasteiger partial charge in [-0.1, -0.05) is 24.3 Å². The monoisotopic (exact) mass is 418 g/mol. The van der Waals surface area contributed by atoms with Crippen LogP contribution in [0.4, 0.5) is 0 Å². The largest absolute Gasteiger partial charge is 0.381 e. The molecule has 168 valence electrons. The zero-order valence-corrected chi connectivity index (χ0v) is 18.8. The van der Waals surface area contributed by atoms with Crippen molar-refractivity contribution in [2.75, 3.05) is 53.1 Å². The van der Waals surface area contributed by atoms with Gasteiger partial charge in [-0.2, -0.15) is 0 Å². The lowest BCUT2D eigenvalue weighted by atomic mass is 10.0. The van der Waals surface area contributed by atoms with Crippen molar-refractivity contribution in [2.45, 2.75) is 51.5 Å². The number of benzene rings is 1. The minimum Gasteiger partial charge on any atom is -0.381 e. The lowest BCUT2D eigenvalue weighted by molar-refractivity contribution is -0.0390. The van der Waals surface area contributed by atoms with E-state index in [1.165, 1.54) is 11.1 Å². The maximum Gasteiger partial charge on any atom is 0.191 e. The highest BCUT2D eigenvalue weighted by molar-refractivity contribution is 5.79. The first-order chi connectivity index (χ1) is 14.6. The molecule has 0 saturated carbocycles. The summed E-state index contributed by atoms with van der Waals surface area (Å²) in [4.78, 5) is 6.86. The molecule has 3 rings (SSSR count). The second-order valence-electron chi connectivity index (χ2n) is 8.63. The van der Waals surface area contributed by atoms with Gasteiger partial charge in [-0.3, -0.25) is 9.89 Å². The Morgan fingerprint density at radius 1 is 1.10 bits per heavy atom. The van der Waals surface area contributed by atoms with Gasteiger partial charge in [0.15, 0.2) is 5.96 Å². The average Bonchev–Trinajstić information content (AvgIpc) is 2.79.